The van der Waals surface area contributed by atoms with E-state index in [1.165, 1.54) is 13.2 Å². The highest BCUT2D eigenvalue weighted by Gasteiger charge is 2.30. The minimum Gasteiger partial charge on any atom is -0.499 e. The molecule has 0 aromatic carbocycles. The number of allylic oxidation sites excluding steroid dienone is 2. The summed E-state index contributed by atoms with van der Waals surface area (Å²) in [4.78, 5) is 48.6. The van der Waals surface area contributed by atoms with Gasteiger partial charge in [-0.15, -0.1) is 0 Å². The third-order valence-electron chi connectivity index (χ3n) is 6.64. The number of imide groups is 1. The van der Waals surface area contributed by atoms with E-state index in [1.54, 1.807) is 19.9 Å². The number of ketones is 1. The van der Waals surface area contributed by atoms with Crippen molar-refractivity contribution in [1.29, 1.82) is 0 Å². The second kappa shape index (κ2) is 14.0. The first-order valence-electron chi connectivity index (χ1n) is 12.4. The van der Waals surface area contributed by atoms with Crippen molar-refractivity contribution >= 4 is 23.6 Å². The molecule has 1 unspecified atom stereocenters. The molecule has 0 bridgehead atoms. The molecule has 8 heteroatoms. The summed E-state index contributed by atoms with van der Waals surface area (Å²) < 4.78 is 11.1. The molecule has 2 heterocycles. The summed E-state index contributed by atoms with van der Waals surface area (Å²) in [6.07, 6.45) is 9.39. The number of carbonyl (C=O) groups excluding carboxylic acids is 4. The fourth-order valence-electron chi connectivity index (χ4n) is 4.62. The zero-order valence-electron chi connectivity index (χ0n) is 21.2. The number of esters is 1. The van der Waals surface area contributed by atoms with Crippen LogP contribution in [0.5, 0.6) is 0 Å². The molecule has 4 atom stereocenters. The number of aliphatic hydroxyl groups excluding tert-OH is 1. The van der Waals surface area contributed by atoms with Crippen LogP contribution in [0.4, 0.5) is 0 Å². The maximum Gasteiger partial charge on any atom is 0.331 e. The smallest absolute Gasteiger partial charge is 0.331 e. The Morgan fingerprint density at radius 3 is 2.57 bits per heavy atom. The van der Waals surface area contributed by atoms with E-state index >= 15 is 0 Å². The van der Waals surface area contributed by atoms with Gasteiger partial charge >= 0.3 is 5.97 Å². The van der Waals surface area contributed by atoms with Gasteiger partial charge in [0, 0.05) is 31.3 Å². The highest BCUT2D eigenvalue weighted by Crippen LogP contribution is 2.26. The summed E-state index contributed by atoms with van der Waals surface area (Å²) in [6, 6.07) is 0. The average Bonchev–Trinajstić information content (AvgIpc) is 2.79. The second-order valence-corrected chi connectivity index (χ2v) is 9.61. The van der Waals surface area contributed by atoms with Crippen molar-refractivity contribution < 1.29 is 33.8 Å². The fourth-order valence-corrected chi connectivity index (χ4v) is 4.62. The molecule has 2 rings (SSSR count). The van der Waals surface area contributed by atoms with Gasteiger partial charge in [0.2, 0.25) is 11.8 Å². The quantitative estimate of drug-likeness (QED) is 0.319. The van der Waals surface area contributed by atoms with Crippen LogP contribution < -0.4 is 5.32 Å². The summed E-state index contributed by atoms with van der Waals surface area (Å²) in [5.74, 6) is -1.57. The Balaban J connectivity index is 2.12. The van der Waals surface area contributed by atoms with Crippen LogP contribution in [0.3, 0.4) is 0 Å². The molecule has 1 fully saturated rings. The third-order valence-corrected chi connectivity index (χ3v) is 6.64. The molecule has 194 valence electrons. The SMILES string of the molecule is COC1=CCCCC=CC(=O)O[C@@H](C(C)C(=O)CCCC2CC(=O)NC(=O)C2)C(C)=C[C@H](C)[C@@H]1O. The van der Waals surface area contributed by atoms with E-state index in [0.717, 1.165) is 6.42 Å². The number of Topliss-reactive ketones (excluding diaryl/α,β-unsaturated/α-hetero) is 1. The molecule has 0 spiro atoms. The van der Waals surface area contributed by atoms with Crippen molar-refractivity contribution in [3.05, 3.63) is 35.6 Å². The lowest BCUT2D eigenvalue weighted by Gasteiger charge is -2.26. The average molecular weight is 490 g/mol. The molecule has 0 aromatic heterocycles. The lowest BCUT2D eigenvalue weighted by atomic mass is 9.87. The van der Waals surface area contributed by atoms with E-state index in [2.05, 4.69) is 5.32 Å². The van der Waals surface area contributed by atoms with Crippen molar-refractivity contribution in [3.63, 3.8) is 0 Å². The maximum absolute atomic E-state index is 13.0. The Kier molecular flexibility index (Phi) is 11.4. The van der Waals surface area contributed by atoms with Crippen LogP contribution in [0, 0.1) is 17.8 Å². The molecule has 2 aliphatic rings. The Morgan fingerprint density at radius 2 is 1.91 bits per heavy atom. The maximum atomic E-state index is 13.0. The summed E-state index contributed by atoms with van der Waals surface area (Å²) in [6.45, 7) is 5.38. The second-order valence-electron chi connectivity index (χ2n) is 9.61. The predicted octanol–water partition coefficient (Wildman–Crippen LogP) is 3.54. The Morgan fingerprint density at radius 1 is 1.23 bits per heavy atom. The van der Waals surface area contributed by atoms with Gasteiger partial charge < -0.3 is 14.6 Å². The van der Waals surface area contributed by atoms with Crippen LogP contribution in [-0.4, -0.2) is 48.0 Å². The van der Waals surface area contributed by atoms with E-state index in [9.17, 15) is 24.3 Å². The number of cyclic esters (lactones) is 1. The zero-order valence-corrected chi connectivity index (χ0v) is 21.2. The minimum absolute atomic E-state index is 0.0521. The summed E-state index contributed by atoms with van der Waals surface area (Å²) in [5, 5.41) is 13.0. The van der Waals surface area contributed by atoms with Gasteiger partial charge in [0.1, 0.15) is 23.8 Å². The van der Waals surface area contributed by atoms with Gasteiger partial charge in [0.05, 0.1) is 13.0 Å². The first-order valence-corrected chi connectivity index (χ1v) is 12.4. The van der Waals surface area contributed by atoms with Gasteiger partial charge in [-0.1, -0.05) is 26.0 Å². The summed E-state index contributed by atoms with van der Waals surface area (Å²) >= 11 is 0. The number of rotatable bonds is 7. The van der Waals surface area contributed by atoms with Crippen LogP contribution in [-0.2, 0) is 28.7 Å². The molecule has 0 radical (unpaired) electrons. The van der Waals surface area contributed by atoms with Crippen LogP contribution in [0.2, 0.25) is 0 Å². The number of hydrogen-bond donors (Lipinski definition) is 2. The third kappa shape index (κ3) is 9.09. The number of methoxy groups -OCH3 is 1. The molecule has 35 heavy (non-hydrogen) atoms. The first-order chi connectivity index (χ1) is 16.6. The molecule has 0 saturated carbocycles. The normalized spacial score (nSPS) is 26.1. The largest absolute Gasteiger partial charge is 0.499 e. The highest BCUT2D eigenvalue weighted by atomic mass is 16.5. The molecule has 0 aromatic rings. The van der Waals surface area contributed by atoms with Crippen molar-refractivity contribution in [2.75, 3.05) is 7.11 Å². The Hall–Kier alpha value is -2.74. The standard InChI is InChI=1S/C27H39NO7/c1-17-14-18(2)27(35-25(32)13-8-6-5-7-12-22(34-4)26(17)33)19(3)21(29)11-9-10-20-15-23(30)28-24(31)16-20/h8,12-14,17,19-20,26-27,33H,5-7,9-11,15-16H2,1-4H3,(H,28,30,31)/t17-,19?,26-,27+/m0/s1. The van der Waals surface area contributed by atoms with Gasteiger partial charge in [-0.05, 0) is 56.6 Å². The molecule has 2 N–H and O–H groups in total. The van der Waals surface area contributed by atoms with Gasteiger partial charge in [-0.2, -0.15) is 0 Å². The lowest BCUT2D eigenvalue weighted by Crippen LogP contribution is -2.38. The minimum atomic E-state index is -0.855. The van der Waals surface area contributed by atoms with E-state index in [-0.39, 0.29) is 35.9 Å². The molecular weight excluding hydrogens is 450 g/mol. The number of aliphatic hydroxyl groups is 1. The topological polar surface area (TPSA) is 119 Å². The van der Waals surface area contributed by atoms with Gasteiger partial charge in [-0.25, -0.2) is 4.79 Å². The van der Waals surface area contributed by atoms with Crippen LogP contribution in [0.1, 0.15) is 72.1 Å². The van der Waals surface area contributed by atoms with Gasteiger partial charge in [0.25, 0.3) is 0 Å². The monoisotopic (exact) mass is 489 g/mol. The van der Waals surface area contributed by atoms with Crippen LogP contribution in [0.15, 0.2) is 35.6 Å². The number of hydrogen-bond acceptors (Lipinski definition) is 7. The molecule has 2 aliphatic heterocycles. The first kappa shape index (κ1) is 28.5. The van der Waals surface area contributed by atoms with Crippen molar-refractivity contribution in [3.8, 4) is 0 Å². The van der Waals surface area contributed by atoms with Gasteiger partial charge in [0.15, 0.2) is 0 Å². The molecule has 2 amide bonds. The number of nitrogens with one attached hydrogen (secondary N) is 1. The van der Waals surface area contributed by atoms with Gasteiger partial charge in [-0.3, -0.25) is 19.7 Å². The number of amides is 2. The number of piperidine rings is 1. The highest BCUT2D eigenvalue weighted by molar-refractivity contribution is 5.97. The zero-order chi connectivity index (χ0) is 26.0. The van der Waals surface area contributed by atoms with Crippen LogP contribution in [0.25, 0.3) is 0 Å². The van der Waals surface area contributed by atoms with Crippen molar-refractivity contribution in [2.45, 2.75) is 84.3 Å². The van der Waals surface area contributed by atoms with Crippen LogP contribution >= 0.6 is 0 Å². The van der Waals surface area contributed by atoms with Crippen molar-refractivity contribution in [1.82, 2.24) is 5.32 Å². The van der Waals surface area contributed by atoms with E-state index in [0.29, 0.717) is 49.9 Å². The fraction of sp³-hybridized carbons (Fsp3) is 0.630. The predicted molar refractivity (Wildman–Crippen MR) is 131 cm³/mol. The van der Waals surface area contributed by atoms with E-state index < -0.39 is 24.1 Å². The summed E-state index contributed by atoms with van der Waals surface area (Å²) in [5.41, 5.74) is 0.682. The summed E-state index contributed by atoms with van der Waals surface area (Å²) in [7, 11) is 1.53. The molecule has 8 nitrogen and oxygen atoms in total. The molecular formula is C27H39NO7. The lowest BCUT2D eigenvalue weighted by molar-refractivity contribution is -0.145. The number of ether oxygens (including phenoxy) is 2. The van der Waals surface area contributed by atoms with E-state index in [1.807, 2.05) is 19.1 Å². The van der Waals surface area contributed by atoms with E-state index in [4.69, 9.17) is 9.47 Å². The molecule has 1 saturated heterocycles. The Bertz CT molecular complexity index is 857. The Labute approximate surface area is 207 Å². The number of carbonyl (C=O) groups is 4. The van der Waals surface area contributed by atoms with Crippen molar-refractivity contribution in [2.24, 2.45) is 17.8 Å². The molecule has 0 aliphatic carbocycles.